The minimum Gasteiger partial charge on any atom is -0.371 e. The summed E-state index contributed by atoms with van der Waals surface area (Å²) in [5.74, 6) is -1.32. The molecule has 2 saturated heterocycles. The molecule has 39 heavy (non-hydrogen) atoms. The lowest BCUT2D eigenvalue weighted by Gasteiger charge is -2.43. The average molecular weight is 561 g/mol. The number of nitrogens with one attached hydrogen (secondary N) is 1. The van der Waals surface area contributed by atoms with E-state index in [0.717, 1.165) is 30.8 Å². The zero-order chi connectivity index (χ0) is 27.5. The Balaban J connectivity index is 1.36. The van der Waals surface area contributed by atoms with Crippen molar-refractivity contribution in [2.75, 3.05) is 26.2 Å². The van der Waals surface area contributed by atoms with Crippen molar-refractivity contribution in [1.29, 1.82) is 0 Å². The summed E-state index contributed by atoms with van der Waals surface area (Å²) in [5, 5.41) is 3.77. The summed E-state index contributed by atoms with van der Waals surface area (Å²) in [6.07, 6.45) is 1.82. The molecule has 2 aliphatic heterocycles. The molecular formula is C30H38ClFN2O5. The van der Waals surface area contributed by atoms with Crippen molar-refractivity contribution < 1.29 is 28.1 Å². The maximum Gasteiger partial charge on any atom is 0.252 e. The van der Waals surface area contributed by atoms with Gasteiger partial charge < -0.3 is 29.2 Å². The van der Waals surface area contributed by atoms with Crippen LogP contribution in [-0.2, 0) is 37.0 Å². The number of fused-ring (bicyclic) bond motifs is 1. The van der Waals surface area contributed by atoms with Crippen molar-refractivity contribution in [3.63, 3.8) is 0 Å². The van der Waals surface area contributed by atoms with E-state index in [1.807, 2.05) is 38.1 Å². The molecular weight excluding hydrogens is 523 g/mol. The quantitative estimate of drug-likeness (QED) is 0.448. The lowest BCUT2D eigenvalue weighted by atomic mass is 9.78. The lowest BCUT2D eigenvalue weighted by molar-refractivity contribution is -0.183. The first-order valence-corrected chi connectivity index (χ1v) is 14.2. The smallest absolute Gasteiger partial charge is 0.252 e. The van der Waals surface area contributed by atoms with Gasteiger partial charge in [0.05, 0.1) is 25.4 Å². The number of nitrogens with zero attached hydrogens (tertiary/aromatic N) is 1. The molecule has 3 aliphatic rings. The number of hydrogen-bond acceptors (Lipinski definition) is 6. The van der Waals surface area contributed by atoms with E-state index in [1.54, 1.807) is 12.1 Å². The number of ether oxygens (including phenoxy) is 4. The Morgan fingerprint density at radius 3 is 2.59 bits per heavy atom. The number of benzene rings is 2. The molecule has 5 rings (SSSR count). The molecule has 9 heteroatoms. The molecule has 1 unspecified atom stereocenters. The van der Waals surface area contributed by atoms with E-state index in [1.165, 1.54) is 25.0 Å². The van der Waals surface area contributed by atoms with Gasteiger partial charge in [-0.05, 0) is 75.2 Å². The topological polar surface area (TPSA) is 69.3 Å². The summed E-state index contributed by atoms with van der Waals surface area (Å²) in [6, 6.07) is 13.6. The predicted octanol–water partition coefficient (Wildman–Crippen LogP) is 4.85. The van der Waals surface area contributed by atoms with Gasteiger partial charge in [-0.15, -0.1) is 0 Å². The van der Waals surface area contributed by atoms with Crippen LogP contribution >= 0.6 is 11.6 Å². The van der Waals surface area contributed by atoms with E-state index in [9.17, 15) is 9.18 Å². The van der Waals surface area contributed by atoms with Crippen LogP contribution in [0.1, 0.15) is 50.7 Å². The van der Waals surface area contributed by atoms with Crippen LogP contribution in [0.4, 0.5) is 4.39 Å². The van der Waals surface area contributed by atoms with E-state index in [2.05, 4.69) is 10.2 Å². The highest BCUT2D eigenvalue weighted by Crippen LogP contribution is 2.44. The maximum absolute atomic E-state index is 13.9. The standard InChI is InChI=1S/C30H38ClFN2O5/c1-29(2)38-26-18-30(37-20-21-8-10-24(32)11-9-21,28(35)33-12-15-34-13-3-4-14-34)17-25(27(26)39-29)36-19-22-6-5-7-23(31)16-22/h5-11,16,25-27H,3-4,12-15,17-20H2,1-2H3,(H,33,35)/t25?,26-,27+,30-/m1/s1. The van der Waals surface area contributed by atoms with Gasteiger partial charge >= 0.3 is 0 Å². The summed E-state index contributed by atoms with van der Waals surface area (Å²) in [4.78, 5) is 16.3. The minimum atomic E-state index is -1.21. The van der Waals surface area contributed by atoms with Gasteiger partial charge in [0, 0.05) is 31.0 Å². The van der Waals surface area contributed by atoms with Crippen LogP contribution in [0.15, 0.2) is 48.5 Å². The Morgan fingerprint density at radius 2 is 1.85 bits per heavy atom. The third-order valence-corrected chi connectivity index (χ3v) is 7.99. The molecule has 1 aliphatic carbocycles. The highest BCUT2D eigenvalue weighted by Gasteiger charge is 2.58. The molecule has 2 heterocycles. The summed E-state index contributed by atoms with van der Waals surface area (Å²) in [6.45, 7) is 7.66. The maximum atomic E-state index is 13.9. The first-order chi connectivity index (χ1) is 18.7. The molecule has 7 nitrogen and oxygen atoms in total. The van der Waals surface area contributed by atoms with E-state index in [0.29, 0.717) is 31.0 Å². The summed E-state index contributed by atoms with van der Waals surface area (Å²) < 4.78 is 38.9. The van der Waals surface area contributed by atoms with Gasteiger partial charge in [-0.1, -0.05) is 35.9 Å². The SMILES string of the molecule is CC1(C)O[C@@H]2C[C@@](OCc3ccc(F)cc3)(C(=O)NCCN3CCCC3)CC(OCc3cccc(Cl)c3)[C@@H]2O1. The fourth-order valence-electron chi connectivity index (χ4n) is 5.84. The molecule has 212 valence electrons. The van der Waals surface area contributed by atoms with Crippen LogP contribution < -0.4 is 5.32 Å². The van der Waals surface area contributed by atoms with E-state index in [-0.39, 0.29) is 24.4 Å². The zero-order valence-electron chi connectivity index (χ0n) is 22.7. The Bertz CT molecular complexity index is 1130. The summed E-state index contributed by atoms with van der Waals surface area (Å²) in [5.41, 5.74) is 0.502. The van der Waals surface area contributed by atoms with Crippen molar-refractivity contribution in [3.05, 3.63) is 70.5 Å². The minimum absolute atomic E-state index is 0.155. The van der Waals surface area contributed by atoms with Gasteiger partial charge in [-0.25, -0.2) is 4.39 Å². The normalized spacial score (nSPS) is 28.4. The van der Waals surface area contributed by atoms with Gasteiger partial charge in [0.2, 0.25) is 0 Å². The summed E-state index contributed by atoms with van der Waals surface area (Å²) in [7, 11) is 0. The van der Waals surface area contributed by atoms with Crippen LogP contribution in [0.25, 0.3) is 0 Å². The number of likely N-dealkylation sites (tertiary alicyclic amines) is 1. The first kappa shape index (κ1) is 28.5. The van der Waals surface area contributed by atoms with Gasteiger partial charge in [-0.3, -0.25) is 4.79 Å². The molecule has 1 N–H and O–H groups in total. The second kappa shape index (κ2) is 12.2. The van der Waals surface area contributed by atoms with Crippen molar-refractivity contribution >= 4 is 17.5 Å². The number of rotatable bonds is 10. The van der Waals surface area contributed by atoms with Crippen molar-refractivity contribution in [3.8, 4) is 0 Å². The lowest BCUT2D eigenvalue weighted by Crippen LogP contribution is -2.60. The van der Waals surface area contributed by atoms with Crippen molar-refractivity contribution in [2.45, 2.75) is 82.4 Å². The molecule has 0 bridgehead atoms. The number of amides is 1. The first-order valence-electron chi connectivity index (χ1n) is 13.8. The van der Waals surface area contributed by atoms with E-state index in [4.69, 9.17) is 30.5 Å². The molecule has 2 aromatic carbocycles. The highest BCUT2D eigenvalue weighted by molar-refractivity contribution is 6.30. The molecule has 3 fully saturated rings. The second-order valence-electron chi connectivity index (χ2n) is 11.2. The Kier molecular flexibility index (Phi) is 8.91. The number of hydrogen-bond donors (Lipinski definition) is 1. The second-order valence-corrected chi connectivity index (χ2v) is 11.7. The zero-order valence-corrected chi connectivity index (χ0v) is 23.4. The monoisotopic (exact) mass is 560 g/mol. The number of carbonyl (C=O) groups is 1. The summed E-state index contributed by atoms with van der Waals surface area (Å²) >= 11 is 6.18. The molecule has 0 spiro atoms. The number of carbonyl (C=O) groups excluding carboxylic acids is 1. The van der Waals surface area contributed by atoms with Crippen LogP contribution in [0.5, 0.6) is 0 Å². The van der Waals surface area contributed by atoms with Gasteiger partial charge in [0.1, 0.15) is 11.9 Å². The molecule has 1 amide bonds. The molecule has 4 atom stereocenters. The molecule has 0 radical (unpaired) electrons. The van der Waals surface area contributed by atoms with Crippen molar-refractivity contribution in [1.82, 2.24) is 10.2 Å². The van der Waals surface area contributed by atoms with Crippen LogP contribution in [-0.4, -0.2) is 66.7 Å². The van der Waals surface area contributed by atoms with Crippen LogP contribution in [0.3, 0.4) is 0 Å². The fourth-order valence-corrected chi connectivity index (χ4v) is 6.05. The Hall–Kier alpha value is -2.07. The third-order valence-electron chi connectivity index (χ3n) is 7.76. The van der Waals surface area contributed by atoms with E-state index < -0.39 is 23.6 Å². The third kappa shape index (κ3) is 7.17. The van der Waals surface area contributed by atoms with Crippen LogP contribution in [0.2, 0.25) is 5.02 Å². The number of halogens is 2. The molecule has 1 saturated carbocycles. The van der Waals surface area contributed by atoms with Gasteiger partial charge in [0.15, 0.2) is 11.4 Å². The Labute approximate surface area is 234 Å². The molecule has 0 aromatic heterocycles. The largest absolute Gasteiger partial charge is 0.371 e. The predicted molar refractivity (Wildman–Crippen MR) is 146 cm³/mol. The molecule has 2 aromatic rings. The van der Waals surface area contributed by atoms with Crippen molar-refractivity contribution in [2.24, 2.45) is 0 Å². The Morgan fingerprint density at radius 1 is 1.08 bits per heavy atom. The van der Waals surface area contributed by atoms with Crippen LogP contribution in [0, 0.1) is 5.82 Å². The van der Waals surface area contributed by atoms with Gasteiger partial charge in [-0.2, -0.15) is 0 Å². The van der Waals surface area contributed by atoms with Gasteiger partial charge in [0.25, 0.3) is 5.91 Å². The highest BCUT2D eigenvalue weighted by atomic mass is 35.5. The average Bonchev–Trinajstić information content (AvgIpc) is 3.53. The fraction of sp³-hybridized carbons (Fsp3) is 0.567. The van der Waals surface area contributed by atoms with E-state index >= 15 is 0 Å².